The second kappa shape index (κ2) is 9.41. The van der Waals surface area contributed by atoms with Gasteiger partial charge in [0.1, 0.15) is 22.1 Å². The predicted octanol–water partition coefficient (Wildman–Crippen LogP) is 3.48. The van der Waals surface area contributed by atoms with Gasteiger partial charge < -0.3 is 14.6 Å². The maximum absolute atomic E-state index is 12.8. The van der Waals surface area contributed by atoms with E-state index in [0.717, 1.165) is 11.6 Å². The molecule has 0 bridgehead atoms. The van der Waals surface area contributed by atoms with Gasteiger partial charge in [-0.1, -0.05) is 6.07 Å². The molecular formula is C24H25NO7S. The number of aryl methyl sites for hydroxylation is 2. The second-order valence-electron chi connectivity index (χ2n) is 7.42. The van der Waals surface area contributed by atoms with Crippen molar-refractivity contribution in [3.63, 3.8) is 0 Å². The fourth-order valence-electron chi connectivity index (χ4n) is 3.29. The highest BCUT2D eigenvalue weighted by Crippen LogP contribution is 2.32. The quantitative estimate of drug-likeness (QED) is 0.563. The Kier molecular flexibility index (Phi) is 6.83. The summed E-state index contributed by atoms with van der Waals surface area (Å²) in [6, 6.07) is 10.3. The van der Waals surface area contributed by atoms with Gasteiger partial charge in [-0.05, 0) is 68.3 Å². The standard InChI is InChI=1S/C24H25NO7S/c1-15-12-19(9-7-18-8-11-22(30-4)17(3)24(18)31-5)25(23(27)13-15)32-33(28,29)20-10-6-16(2)21(26)14-20/h6-14,26H,1-5H3. The number of hydrogen-bond acceptors (Lipinski definition) is 7. The fourth-order valence-corrected chi connectivity index (χ4v) is 4.22. The van der Waals surface area contributed by atoms with Crippen LogP contribution in [-0.2, 0) is 10.1 Å². The third-order valence-electron chi connectivity index (χ3n) is 5.05. The Hall–Kier alpha value is -3.72. The molecule has 0 saturated carbocycles. The largest absolute Gasteiger partial charge is 0.508 e. The number of benzene rings is 2. The first-order chi connectivity index (χ1) is 15.6. The Morgan fingerprint density at radius 2 is 1.67 bits per heavy atom. The minimum atomic E-state index is -4.39. The summed E-state index contributed by atoms with van der Waals surface area (Å²) in [6.07, 6.45) is 3.24. The first kappa shape index (κ1) is 23.9. The lowest BCUT2D eigenvalue weighted by Gasteiger charge is -2.14. The van der Waals surface area contributed by atoms with Gasteiger partial charge in [0.25, 0.3) is 5.56 Å². The van der Waals surface area contributed by atoms with Crippen molar-refractivity contribution >= 4 is 22.3 Å². The summed E-state index contributed by atoms with van der Waals surface area (Å²) in [5.41, 5.74) is 2.17. The Morgan fingerprint density at radius 3 is 2.30 bits per heavy atom. The summed E-state index contributed by atoms with van der Waals surface area (Å²) in [5, 5.41) is 9.87. The van der Waals surface area contributed by atoms with Gasteiger partial charge >= 0.3 is 10.1 Å². The summed E-state index contributed by atoms with van der Waals surface area (Å²) in [5.74, 6) is 1.04. The van der Waals surface area contributed by atoms with E-state index in [2.05, 4.69) is 0 Å². The molecule has 0 fully saturated rings. The number of methoxy groups -OCH3 is 2. The second-order valence-corrected chi connectivity index (χ2v) is 8.94. The topological polar surface area (TPSA) is 104 Å². The smallest absolute Gasteiger partial charge is 0.357 e. The Bertz CT molecular complexity index is 1390. The number of ether oxygens (including phenoxy) is 2. The van der Waals surface area contributed by atoms with E-state index in [9.17, 15) is 18.3 Å². The lowest BCUT2D eigenvalue weighted by molar-refractivity contribution is 0.264. The lowest BCUT2D eigenvalue weighted by atomic mass is 10.1. The van der Waals surface area contributed by atoms with E-state index < -0.39 is 15.7 Å². The molecule has 0 aliphatic heterocycles. The van der Waals surface area contributed by atoms with Gasteiger partial charge in [-0.25, -0.2) is 0 Å². The molecule has 1 heterocycles. The van der Waals surface area contributed by atoms with Crippen LogP contribution >= 0.6 is 0 Å². The molecule has 0 aliphatic carbocycles. The van der Waals surface area contributed by atoms with E-state index in [1.165, 1.54) is 25.3 Å². The Labute approximate surface area is 192 Å². The van der Waals surface area contributed by atoms with Gasteiger partial charge in [0.05, 0.1) is 19.9 Å². The molecule has 9 heteroatoms. The van der Waals surface area contributed by atoms with Gasteiger partial charge in [-0.2, -0.15) is 8.42 Å². The molecule has 1 aromatic heterocycles. The zero-order valence-electron chi connectivity index (χ0n) is 18.9. The van der Waals surface area contributed by atoms with E-state index in [-0.39, 0.29) is 16.3 Å². The van der Waals surface area contributed by atoms with Crippen molar-refractivity contribution in [1.29, 1.82) is 0 Å². The van der Waals surface area contributed by atoms with Crippen LogP contribution in [0.2, 0.25) is 0 Å². The van der Waals surface area contributed by atoms with E-state index in [1.807, 2.05) is 6.92 Å². The van der Waals surface area contributed by atoms with Gasteiger partial charge in [-0.3, -0.25) is 9.08 Å². The molecule has 0 amide bonds. The van der Waals surface area contributed by atoms with E-state index >= 15 is 0 Å². The zero-order chi connectivity index (χ0) is 24.3. The highest BCUT2D eigenvalue weighted by atomic mass is 32.2. The number of nitrogens with zero attached hydrogens (tertiary/aromatic N) is 1. The summed E-state index contributed by atoms with van der Waals surface area (Å²) < 4.78 is 42.3. The molecular weight excluding hydrogens is 446 g/mol. The lowest BCUT2D eigenvalue weighted by Crippen LogP contribution is -2.32. The summed E-state index contributed by atoms with van der Waals surface area (Å²) in [7, 11) is -1.29. The maximum Gasteiger partial charge on any atom is 0.357 e. The van der Waals surface area contributed by atoms with Crippen molar-refractivity contribution in [3.05, 3.63) is 80.8 Å². The number of phenols is 1. The molecule has 3 rings (SSSR count). The maximum atomic E-state index is 12.8. The summed E-state index contributed by atoms with van der Waals surface area (Å²) in [6.45, 7) is 5.20. The highest BCUT2D eigenvalue weighted by Gasteiger charge is 2.20. The van der Waals surface area contributed by atoms with Crippen molar-refractivity contribution in [2.45, 2.75) is 25.7 Å². The highest BCUT2D eigenvalue weighted by molar-refractivity contribution is 7.87. The fraction of sp³-hybridized carbons (Fsp3) is 0.208. The van der Waals surface area contributed by atoms with Crippen molar-refractivity contribution < 1.29 is 27.3 Å². The third-order valence-corrected chi connectivity index (χ3v) is 6.22. The average molecular weight is 472 g/mol. The van der Waals surface area contributed by atoms with Crippen molar-refractivity contribution in [2.24, 2.45) is 0 Å². The molecule has 2 aromatic carbocycles. The Morgan fingerprint density at radius 1 is 0.939 bits per heavy atom. The van der Waals surface area contributed by atoms with Gasteiger partial charge in [0.2, 0.25) is 0 Å². The van der Waals surface area contributed by atoms with Gasteiger partial charge in [0.15, 0.2) is 0 Å². The minimum absolute atomic E-state index is 0.196. The molecule has 3 aromatic rings. The number of hydrogen-bond donors (Lipinski definition) is 1. The average Bonchev–Trinajstić information content (AvgIpc) is 2.76. The molecule has 0 atom stereocenters. The third kappa shape index (κ3) is 5.04. The van der Waals surface area contributed by atoms with Crippen LogP contribution in [0.3, 0.4) is 0 Å². The molecule has 0 saturated heterocycles. The van der Waals surface area contributed by atoms with E-state index in [1.54, 1.807) is 51.3 Å². The van der Waals surface area contributed by atoms with Crippen LogP contribution in [0, 0.1) is 20.8 Å². The van der Waals surface area contributed by atoms with Crippen LogP contribution < -0.4 is 19.3 Å². The summed E-state index contributed by atoms with van der Waals surface area (Å²) >= 11 is 0. The normalized spacial score (nSPS) is 11.5. The van der Waals surface area contributed by atoms with Crippen LogP contribution in [0.1, 0.15) is 27.9 Å². The van der Waals surface area contributed by atoms with Gasteiger partial charge in [0, 0.05) is 23.3 Å². The number of aromatic hydroxyl groups is 1. The number of phenolic OH excluding ortho intramolecular Hbond substituents is 1. The zero-order valence-corrected chi connectivity index (χ0v) is 19.8. The summed E-state index contributed by atoms with van der Waals surface area (Å²) in [4.78, 5) is 12.3. The van der Waals surface area contributed by atoms with Crippen molar-refractivity contribution in [2.75, 3.05) is 14.2 Å². The molecule has 33 heavy (non-hydrogen) atoms. The van der Waals surface area contributed by atoms with Gasteiger partial charge in [-0.15, -0.1) is 4.73 Å². The number of rotatable bonds is 7. The number of aromatic nitrogens is 1. The molecule has 174 valence electrons. The molecule has 0 unspecified atom stereocenters. The molecule has 8 nitrogen and oxygen atoms in total. The first-order valence-electron chi connectivity index (χ1n) is 9.95. The van der Waals surface area contributed by atoms with E-state index in [4.69, 9.17) is 13.8 Å². The predicted molar refractivity (Wildman–Crippen MR) is 125 cm³/mol. The minimum Gasteiger partial charge on any atom is -0.508 e. The van der Waals surface area contributed by atoms with Crippen molar-refractivity contribution in [1.82, 2.24) is 4.73 Å². The SMILES string of the molecule is COc1ccc(C=Cc2cc(C)cc(=O)n2OS(=O)(=O)c2ccc(C)c(O)c2)c(OC)c1C. The van der Waals surface area contributed by atoms with Crippen LogP contribution in [0.15, 0.2) is 52.2 Å². The monoisotopic (exact) mass is 471 g/mol. The molecule has 0 radical (unpaired) electrons. The molecule has 0 aliphatic rings. The first-order valence-corrected chi connectivity index (χ1v) is 11.4. The van der Waals surface area contributed by atoms with Crippen LogP contribution in [-0.4, -0.2) is 32.5 Å². The van der Waals surface area contributed by atoms with Crippen LogP contribution in [0.4, 0.5) is 0 Å². The van der Waals surface area contributed by atoms with Crippen molar-refractivity contribution in [3.8, 4) is 17.2 Å². The Balaban J connectivity index is 2.06. The molecule has 1 N–H and O–H groups in total. The number of pyridine rings is 1. The molecule has 0 spiro atoms. The van der Waals surface area contributed by atoms with E-state index in [0.29, 0.717) is 32.9 Å². The van der Waals surface area contributed by atoms with Crippen LogP contribution in [0.5, 0.6) is 17.2 Å². The van der Waals surface area contributed by atoms with Crippen LogP contribution in [0.25, 0.3) is 12.2 Å².